The largest absolute Gasteiger partial charge is 0.307 e. The SMILES string of the molecule is CCC/C=C/P(=O)(N(C)c1ccccc1)N(C)c1ccccc1. The lowest BCUT2D eigenvalue weighted by molar-refractivity contribution is 0.578. The van der Waals surface area contributed by atoms with E-state index in [2.05, 4.69) is 6.92 Å². The summed E-state index contributed by atoms with van der Waals surface area (Å²) in [6.45, 7) is 2.12. The summed E-state index contributed by atoms with van der Waals surface area (Å²) in [5.41, 5.74) is 1.89. The summed E-state index contributed by atoms with van der Waals surface area (Å²) in [5, 5.41) is 0. The first-order valence-corrected chi connectivity index (χ1v) is 9.63. The topological polar surface area (TPSA) is 23.6 Å². The van der Waals surface area contributed by atoms with Crippen LogP contribution in [-0.2, 0) is 4.57 Å². The van der Waals surface area contributed by atoms with Gasteiger partial charge in [0.15, 0.2) is 0 Å². The van der Waals surface area contributed by atoms with Crippen molar-refractivity contribution in [2.75, 3.05) is 23.4 Å². The van der Waals surface area contributed by atoms with Gasteiger partial charge in [0.1, 0.15) is 0 Å². The zero-order valence-corrected chi connectivity index (χ0v) is 15.0. The van der Waals surface area contributed by atoms with E-state index >= 15 is 0 Å². The zero-order valence-electron chi connectivity index (χ0n) is 14.1. The molecule has 0 bridgehead atoms. The highest BCUT2D eigenvalue weighted by atomic mass is 31.2. The standard InChI is InChI=1S/C19H25N2OP/c1-4-5-12-17-23(22,20(2)18-13-8-6-9-14-18)21(3)19-15-10-7-11-16-19/h6-17H,4-5H2,1-3H3/b17-12+. The molecule has 3 nitrogen and oxygen atoms in total. The molecule has 0 radical (unpaired) electrons. The highest BCUT2D eigenvalue weighted by molar-refractivity contribution is 7.70. The number of anilines is 2. The first-order valence-electron chi connectivity index (χ1n) is 7.95. The lowest BCUT2D eigenvalue weighted by atomic mass is 10.3. The summed E-state index contributed by atoms with van der Waals surface area (Å²) in [4.78, 5) is 0. The van der Waals surface area contributed by atoms with Crippen LogP contribution in [0.4, 0.5) is 11.4 Å². The fourth-order valence-electron chi connectivity index (χ4n) is 2.40. The molecule has 0 fully saturated rings. The average molecular weight is 328 g/mol. The summed E-state index contributed by atoms with van der Waals surface area (Å²) < 4.78 is 17.6. The lowest BCUT2D eigenvalue weighted by Crippen LogP contribution is -2.25. The Morgan fingerprint density at radius 3 is 1.70 bits per heavy atom. The Hall–Kier alpha value is -1.99. The first kappa shape index (κ1) is 17.4. The maximum absolute atomic E-state index is 13.9. The maximum Gasteiger partial charge on any atom is 0.284 e. The minimum absolute atomic E-state index is 0.926. The van der Waals surface area contributed by atoms with Crippen molar-refractivity contribution in [2.24, 2.45) is 0 Å². The van der Waals surface area contributed by atoms with E-state index in [9.17, 15) is 4.57 Å². The smallest absolute Gasteiger partial charge is 0.284 e. The van der Waals surface area contributed by atoms with Gasteiger partial charge in [0.2, 0.25) is 0 Å². The Balaban J connectivity index is 2.42. The molecule has 0 saturated carbocycles. The predicted molar refractivity (Wildman–Crippen MR) is 101 cm³/mol. The molecule has 23 heavy (non-hydrogen) atoms. The van der Waals surface area contributed by atoms with Crippen LogP contribution in [0.5, 0.6) is 0 Å². The van der Waals surface area contributed by atoms with Crippen molar-refractivity contribution < 1.29 is 4.57 Å². The highest BCUT2D eigenvalue weighted by Gasteiger charge is 2.30. The van der Waals surface area contributed by atoms with E-state index in [1.165, 1.54) is 0 Å². The van der Waals surface area contributed by atoms with E-state index in [1.807, 2.05) is 96.0 Å². The van der Waals surface area contributed by atoms with Crippen molar-refractivity contribution in [3.8, 4) is 0 Å². The van der Waals surface area contributed by atoms with Crippen LogP contribution in [0.1, 0.15) is 19.8 Å². The summed E-state index contributed by atoms with van der Waals surface area (Å²) >= 11 is 0. The molecule has 0 aromatic heterocycles. The van der Waals surface area contributed by atoms with Gasteiger partial charge in [-0.05, 0) is 30.7 Å². The van der Waals surface area contributed by atoms with Gasteiger partial charge in [-0.25, -0.2) is 0 Å². The van der Waals surface area contributed by atoms with Crippen molar-refractivity contribution in [1.29, 1.82) is 0 Å². The molecule has 2 aromatic carbocycles. The van der Waals surface area contributed by atoms with Crippen molar-refractivity contribution >= 4 is 18.8 Å². The number of hydrogen-bond donors (Lipinski definition) is 0. The molecule has 0 atom stereocenters. The summed E-state index contributed by atoms with van der Waals surface area (Å²) in [7, 11) is 0.901. The number of hydrogen-bond acceptors (Lipinski definition) is 1. The molecule has 0 N–H and O–H groups in total. The number of nitrogens with zero attached hydrogens (tertiary/aromatic N) is 2. The molecule has 2 rings (SSSR count). The quantitative estimate of drug-likeness (QED) is 0.603. The van der Waals surface area contributed by atoms with Gasteiger partial charge in [0.05, 0.1) is 0 Å². The Labute approximate surface area is 139 Å². The monoisotopic (exact) mass is 328 g/mol. The van der Waals surface area contributed by atoms with E-state index < -0.39 is 7.44 Å². The van der Waals surface area contributed by atoms with Crippen molar-refractivity contribution in [3.05, 3.63) is 72.6 Å². The van der Waals surface area contributed by atoms with Crippen LogP contribution in [-0.4, -0.2) is 14.1 Å². The van der Waals surface area contributed by atoms with Gasteiger partial charge in [-0.15, -0.1) is 0 Å². The molecule has 0 unspecified atom stereocenters. The highest BCUT2D eigenvalue weighted by Crippen LogP contribution is 2.56. The molecule has 0 aliphatic carbocycles. The van der Waals surface area contributed by atoms with Crippen LogP contribution in [0.15, 0.2) is 72.6 Å². The fourth-order valence-corrected chi connectivity index (χ4v) is 4.55. The van der Waals surface area contributed by atoms with Gasteiger partial charge in [0.25, 0.3) is 7.44 Å². The van der Waals surface area contributed by atoms with Gasteiger partial charge in [-0.1, -0.05) is 55.8 Å². The normalized spacial score (nSPS) is 11.6. The summed E-state index contributed by atoms with van der Waals surface area (Å²) in [5.74, 6) is 1.87. The lowest BCUT2D eigenvalue weighted by Gasteiger charge is -2.35. The molecule has 0 aliphatic rings. The summed E-state index contributed by atoms with van der Waals surface area (Å²) in [6.07, 6.45) is 4.00. The Kier molecular flexibility index (Phi) is 6.06. The van der Waals surface area contributed by atoms with E-state index in [1.54, 1.807) is 0 Å². The van der Waals surface area contributed by atoms with Gasteiger partial charge < -0.3 is 9.34 Å². The number of para-hydroxylation sites is 2. The zero-order chi connectivity index (χ0) is 16.7. The molecular formula is C19H25N2OP. The van der Waals surface area contributed by atoms with Crippen LogP contribution in [0.25, 0.3) is 0 Å². The third-order valence-electron chi connectivity index (χ3n) is 3.87. The van der Waals surface area contributed by atoms with Crippen molar-refractivity contribution in [3.63, 3.8) is 0 Å². The molecule has 0 spiro atoms. The molecule has 122 valence electrons. The molecule has 0 heterocycles. The molecule has 0 amide bonds. The van der Waals surface area contributed by atoms with Crippen LogP contribution in [0, 0.1) is 0 Å². The van der Waals surface area contributed by atoms with E-state index in [0.29, 0.717) is 0 Å². The van der Waals surface area contributed by atoms with Crippen molar-refractivity contribution in [1.82, 2.24) is 0 Å². The van der Waals surface area contributed by atoms with Crippen LogP contribution in [0.2, 0.25) is 0 Å². The van der Waals surface area contributed by atoms with Crippen LogP contribution in [0.3, 0.4) is 0 Å². The van der Waals surface area contributed by atoms with Crippen molar-refractivity contribution in [2.45, 2.75) is 19.8 Å². The molecule has 0 aliphatic heterocycles. The average Bonchev–Trinajstić information content (AvgIpc) is 2.62. The summed E-state index contributed by atoms with van der Waals surface area (Å²) in [6, 6.07) is 19.7. The Morgan fingerprint density at radius 2 is 1.30 bits per heavy atom. The maximum atomic E-state index is 13.9. The first-order chi connectivity index (χ1) is 11.1. The second-order valence-corrected chi connectivity index (χ2v) is 8.16. The molecule has 0 saturated heterocycles. The van der Waals surface area contributed by atoms with Gasteiger partial charge in [-0.2, -0.15) is 0 Å². The van der Waals surface area contributed by atoms with E-state index in [0.717, 1.165) is 24.2 Å². The second kappa shape index (κ2) is 8.03. The van der Waals surface area contributed by atoms with Crippen LogP contribution < -0.4 is 9.34 Å². The number of rotatable bonds is 7. The third kappa shape index (κ3) is 4.05. The Morgan fingerprint density at radius 1 is 0.870 bits per heavy atom. The minimum Gasteiger partial charge on any atom is -0.307 e. The van der Waals surface area contributed by atoms with Gasteiger partial charge >= 0.3 is 0 Å². The van der Waals surface area contributed by atoms with E-state index in [-0.39, 0.29) is 0 Å². The molecule has 2 aromatic rings. The third-order valence-corrected chi connectivity index (χ3v) is 6.65. The minimum atomic E-state index is -2.89. The Bertz CT molecular complexity index is 621. The van der Waals surface area contributed by atoms with Gasteiger partial charge in [-0.3, -0.25) is 4.57 Å². The fraction of sp³-hybridized carbons (Fsp3) is 0.263. The molecular weight excluding hydrogens is 303 g/mol. The predicted octanol–water partition coefficient (Wildman–Crippen LogP) is 5.77. The molecule has 4 heteroatoms. The second-order valence-electron chi connectivity index (χ2n) is 5.48. The number of unbranched alkanes of at least 4 members (excludes halogenated alkanes) is 1. The van der Waals surface area contributed by atoms with Crippen LogP contribution >= 0.6 is 7.44 Å². The number of allylic oxidation sites excluding steroid dienone is 1. The van der Waals surface area contributed by atoms with Gasteiger partial charge in [0, 0.05) is 31.3 Å². The van der Waals surface area contributed by atoms with E-state index in [4.69, 9.17) is 0 Å². The number of benzene rings is 2.